The lowest BCUT2D eigenvalue weighted by molar-refractivity contribution is -0.248. The van der Waals surface area contributed by atoms with E-state index in [-0.39, 0.29) is 6.61 Å². The second-order valence-corrected chi connectivity index (χ2v) is 4.87. The van der Waals surface area contributed by atoms with Crippen LogP contribution in [0.3, 0.4) is 0 Å². The van der Waals surface area contributed by atoms with Crippen LogP contribution < -0.4 is 0 Å². The number of esters is 3. The number of fused-ring (bicyclic) bond motifs is 1. The van der Waals surface area contributed by atoms with Crippen LogP contribution in [0.1, 0.15) is 20.8 Å². The predicted octanol–water partition coefficient (Wildman–Crippen LogP) is -0.435. The highest BCUT2D eigenvalue weighted by Crippen LogP contribution is 2.31. The van der Waals surface area contributed by atoms with Gasteiger partial charge in [-0.1, -0.05) is 0 Å². The molecule has 5 unspecified atom stereocenters. The molecule has 9 heteroatoms. The maximum atomic E-state index is 11.3. The second kappa shape index (κ2) is 6.73. The Kier molecular flexibility index (Phi) is 4.96. The minimum absolute atomic E-state index is 0.169. The molecule has 2 rings (SSSR count). The lowest BCUT2D eigenvalue weighted by Crippen LogP contribution is -2.59. The molecule has 1 fully saturated rings. The molecule has 2 aliphatic rings. The largest absolute Gasteiger partial charge is 0.463 e. The average Bonchev–Trinajstić information content (AvgIpc) is 2.86. The Balaban J connectivity index is 2.21. The zero-order valence-electron chi connectivity index (χ0n) is 12.4. The van der Waals surface area contributed by atoms with Gasteiger partial charge in [-0.15, -0.1) is 0 Å². The Labute approximate surface area is 126 Å². The van der Waals surface area contributed by atoms with E-state index in [1.54, 1.807) is 0 Å². The Morgan fingerprint density at radius 1 is 1.05 bits per heavy atom. The minimum atomic E-state index is -0.958. The van der Waals surface area contributed by atoms with Gasteiger partial charge in [-0.25, -0.2) is 4.99 Å². The summed E-state index contributed by atoms with van der Waals surface area (Å²) in [4.78, 5) is 37.7. The van der Waals surface area contributed by atoms with Crippen LogP contribution in [0.4, 0.5) is 0 Å². The summed E-state index contributed by atoms with van der Waals surface area (Å²) in [5.74, 6) is -1.66. The molecule has 0 bridgehead atoms. The highest BCUT2D eigenvalue weighted by molar-refractivity contribution is 5.68. The molecule has 5 atom stereocenters. The Bertz CT molecular complexity index is 490. The number of aliphatic imine (C=N–C) groups is 1. The molecule has 2 heterocycles. The summed E-state index contributed by atoms with van der Waals surface area (Å²) in [5, 5.41) is 0. The van der Waals surface area contributed by atoms with Gasteiger partial charge in [0.15, 0.2) is 24.7 Å². The Morgan fingerprint density at radius 3 is 2.27 bits per heavy atom. The Hall–Kier alpha value is -2.16. The van der Waals surface area contributed by atoms with Gasteiger partial charge in [0, 0.05) is 20.8 Å². The first-order valence-corrected chi connectivity index (χ1v) is 6.69. The number of nitrogens with zero attached hydrogens (tertiary/aromatic N) is 1. The summed E-state index contributed by atoms with van der Waals surface area (Å²) in [6.07, 6.45) is -2.29. The van der Waals surface area contributed by atoms with Crippen molar-refractivity contribution < 1.29 is 38.1 Å². The van der Waals surface area contributed by atoms with E-state index in [1.807, 2.05) is 0 Å². The summed E-state index contributed by atoms with van der Waals surface area (Å²) < 4.78 is 26.1. The third-order valence-corrected chi connectivity index (χ3v) is 3.10. The van der Waals surface area contributed by atoms with Crippen LogP contribution in [0.25, 0.3) is 0 Å². The van der Waals surface area contributed by atoms with Crippen molar-refractivity contribution in [2.24, 2.45) is 4.99 Å². The maximum Gasteiger partial charge on any atom is 0.303 e. The molecular formula is C13H17NO8. The van der Waals surface area contributed by atoms with E-state index in [2.05, 4.69) is 4.99 Å². The fourth-order valence-corrected chi connectivity index (χ4v) is 2.32. The predicted molar refractivity (Wildman–Crippen MR) is 69.8 cm³/mol. The van der Waals surface area contributed by atoms with Crippen molar-refractivity contribution in [2.75, 3.05) is 6.61 Å². The van der Waals surface area contributed by atoms with Crippen molar-refractivity contribution in [3.63, 3.8) is 0 Å². The second-order valence-electron chi connectivity index (χ2n) is 4.87. The van der Waals surface area contributed by atoms with E-state index in [0.717, 1.165) is 0 Å². The van der Waals surface area contributed by atoms with E-state index < -0.39 is 48.6 Å². The van der Waals surface area contributed by atoms with Crippen molar-refractivity contribution in [3.05, 3.63) is 0 Å². The number of carbonyl (C=O) groups is 3. The fraction of sp³-hybridized carbons (Fsp3) is 0.692. The standard InChI is InChI=1S/C13H17NO8/c1-6(15)18-4-9-11(20-7(2)16)12(21-8(3)17)10-13(22-9)19-5-14-10/h5,9-13H,4H2,1-3H3. The lowest BCUT2D eigenvalue weighted by atomic mass is 9.97. The van der Waals surface area contributed by atoms with E-state index in [4.69, 9.17) is 23.7 Å². The highest BCUT2D eigenvalue weighted by Gasteiger charge is 2.52. The Morgan fingerprint density at radius 2 is 1.68 bits per heavy atom. The van der Waals surface area contributed by atoms with Crippen LogP contribution in [-0.4, -0.2) is 61.6 Å². The highest BCUT2D eigenvalue weighted by atomic mass is 16.7. The molecule has 0 aromatic carbocycles. The van der Waals surface area contributed by atoms with Gasteiger partial charge in [-0.3, -0.25) is 14.4 Å². The van der Waals surface area contributed by atoms with E-state index in [9.17, 15) is 14.4 Å². The quantitative estimate of drug-likeness (QED) is 0.507. The molecule has 0 aliphatic carbocycles. The number of ether oxygens (including phenoxy) is 5. The lowest BCUT2D eigenvalue weighted by Gasteiger charge is -2.40. The molecule has 0 amide bonds. The van der Waals surface area contributed by atoms with Crippen LogP contribution in [0, 0.1) is 0 Å². The monoisotopic (exact) mass is 315 g/mol. The van der Waals surface area contributed by atoms with Gasteiger partial charge in [0.1, 0.15) is 12.7 Å². The van der Waals surface area contributed by atoms with Crippen LogP contribution in [0.5, 0.6) is 0 Å². The molecule has 2 aliphatic heterocycles. The maximum absolute atomic E-state index is 11.3. The summed E-state index contributed by atoms with van der Waals surface area (Å²) in [6, 6.07) is -0.651. The summed E-state index contributed by atoms with van der Waals surface area (Å²) >= 11 is 0. The van der Waals surface area contributed by atoms with Gasteiger partial charge >= 0.3 is 17.9 Å². The van der Waals surface area contributed by atoms with Crippen LogP contribution in [0.2, 0.25) is 0 Å². The molecule has 0 spiro atoms. The van der Waals surface area contributed by atoms with Crippen LogP contribution in [0.15, 0.2) is 4.99 Å². The van der Waals surface area contributed by atoms with E-state index in [0.29, 0.717) is 0 Å². The molecule has 122 valence electrons. The van der Waals surface area contributed by atoms with Gasteiger partial charge in [0.05, 0.1) is 0 Å². The molecule has 0 aromatic rings. The van der Waals surface area contributed by atoms with Gasteiger partial charge in [0.2, 0.25) is 6.29 Å². The van der Waals surface area contributed by atoms with Crippen molar-refractivity contribution in [2.45, 2.75) is 51.4 Å². The molecule has 0 N–H and O–H groups in total. The van der Waals surface area contributed by atoms with Crippen molar-refractivity contribution in [3.8, 4) is 0 Å². The molecule has 22 heavy (non-hydrogen) atoms. The number of hydrogen-bond acceptors (Lipinski definition) is 9. The first-order valence-electron chi connectivity index (χ1n) is 6.69. The van der Waals surface area contributed by atoms with Gasteiger partial charge in [0.25, 0.3) is 0 Å². The average molecular weight is 315 g/mol. The fourth-order valence-electron chi connectivity index (χ4n) is 2.32. The zero-order chi connectivity index (χ0) is 16.3. The van der Waals surface area contributed by atoms with Gasteiger partial charge < -0.3 is 23.7 Å². The van der Waals surface area contributed by atoms with Crippen LogP contribution >= 0.6 is 0 Å². The molecule has 1 saturated heterocycles. The molecular weight excluding hydrogens is 298 g/mol. The minimum Gasteiger partial charge on any atom is -0.463 e. The molecule has 9 nitrogen and oxygen atoms in total. The summed E-state index contributed by atoms with van der Waals surface area (Å²) in [7, 11) is 0. The van der Waals surface area contributed by atoms with Crippen molar-refractivity contribution >= 4 is 24.3 Å². The van der Waals surface area contributed by atoms with Crippen molar-refractivity contribution in [1.82, 2.24) is 0 Å². The first kappa shape index (κ1) is 16.2. The zero-order valence-corrected chi connectivity index (χ0v) is 12.4. The first-order chi connectivity index (χ1) is 10.4. The summed E-state index contributed by atoms with van der Waals surface area (Å²) in [5.41, 5.74) is 0. The SMILES string of the molecule is CC(=O)OCC1OC2OC=NC2C(OC(C)=O)C1OC(C)=O. The van der Waals surface area contributed by atoms with Gasteiger partial charge in [-0.2, -0.15) is 0 Å². The topological polar surface area (TPSA) is 110 Å². The van der Waals surface area contributed by atoms with E-state index in [1.165, 1.54) is 27.2 Å². The summed E-state index contributed by atoms with van der Waals surface area (Å²) in [6.45, 7) is 3.52. The van der Waals surface area contributed by atoms with Crippen LogP contribution in [-0.2, 0) is 38.1 Å². The number of hydrogen-bond donors (Lipinski definition) is 0. The molecule has 0 radical (unpaired) electrons. The smallest absolute Gasteiger partial charge is 0.303 e. The number of rotatable bonds is 4. The van der Waals surface area contributed by atoms with Crippen molar-refractivity contribution in [1.29, 1.82) is 0 Å². The number of carbonyl (C=O) groups excluding carboxylic acids is 3. The molecule has 0 saturated carbocycles. The van der Waals surface area contributed by atoms with E-state index >= 15 is 0 Å². The third kappa shape index (κ3) is 3.73. The van der Waals surface area contributed by atoms with Gasteiger partial charge in [-0.05, 0) is 0 Å². The molecule has 0 aromatic heterocycles. The normalized spacial score (nSPS) is 32.6. The third-order valence-electron chi connectivity index (χ3n) is 3.10.